The average molecular weight is 392 g/mol. The molecule has 0 bridgehead atoms. The Morgan fingerprint density at radius 2 is 0.667 bits per heavy atom. The second kappa shape index (κ2) is 8.12. The SMILES string of the molecule is COC(OC)(OC)C(Cl)(Cl)OC(Cl)(Cl)C(OC)(OC)OC. The Balaban J connectivity index is 5.59. The highest BCUT2D eigenvalue weighted by Gasteiger charge is 2.64. The van der Waals surface area contributed by atoms with E-state index < -0.39 is 21.0 Å². The average Bonchev–Trinajstić information content (AvgIpc) is 2.42. The lowest BCUT2D eigenvalue weighted by molar-refractivity contribution is -0.427. The smallest absolute Gasteiger partial charge is 0.326 e. The number of alkyl halides is 4. The molecule has 0 aliphatic carbocycles. The Hall–Kier alpha value is 0.880. The maximum atomic E-state index is 6.05. The summed E-state index contributed by atoms with van der Waals surface area (Å²) >= 11 is 24.2. The molecule has 0 N–H and O–H groups in total. The third-order valence-electron chi connectivity index (χ3n) is 2.58. The molecular weight excluding hydrogens is 374 g/mol. The van der Waals surface area contributed by atoms with Crippen molar-refractivity contribution in [2.45, 2.75) is 21.0 Å². The Labute approximate surface area is 143 Å². The van der Waals surface area contributed by atoms with E-state index in [4.69, 9.17) is 79.6 Å². The van der Waals surface area contributed by atoms with Crippen molar-refractivity contribution in [1.29, 1.82) is 0 Å². The fourth-order valence-electron chi connectivity index (χ4n) is 1.50. The Bertz CT molecular complexity index is 272. The van der Waals surface area contributed by atoms with Crippen LogP contribution in [0.5, 0.6) is 0 Å². The van der Waals surface area contributed by atoms with E-state index in [1.807, 2.05) is 0 Å². The number of hydrogen-bond acceptors (Lipinski definition) is 7. The first-order valence-corrected chi connectivity index (χ1v) is 6.85. The lowest BCUT2D eigenvalue weighted by Crippen LogP contribution is -2.61. The van der Waals surface area contributed by atoms with Crippen LogP contribution in [0.15, 0.2) is 0 Å². The molecule has 21 heavy (non-hydrogen) atoms. The fourth-order valence-corrected chi connectivity index (χ4v) is 3.05. The van der Waals surface area contributed by atoms with E-state index in [-0.39, 0.29) is 0 Å². The molecule has 7 nitrogen and oxygen atoms in total. The highest BCUT2D eigenvalue weighted by molar-refractivity contribution is 6.51. The van der Waals surface area contributed by atoms with E-state index in [2.05, 4.69) is 0 Å². The summed E-state index contributed by atoms with van der Waals surface area (Å²) in [4.78, 5) is 0. The first-order chi connectivity index (χ1) is 9.57. The van der Waals surface area contributed by atoms with Crippen LogP contribution in [0.2, 0.25) is 0 Å². The molecule has 0 amide bonds. The van der Waals surface area contributed by atoms with Crippen LogP contribution in [-0.2, 0) is 33.2 Å². The van der Waals surface area contributed by atoms with Crippen LogP contribution in [0.3, 0.4) is 0 Å². The molecule has 0 aromatic heterocycles. The first kappa shape index (κ1) is 21.9. The van der Waals surface area contributed by atoms with Gasteiger partial charge in [0, 0.05) is 42.7 Å². The van der Waals surface area contributed by atoms with Crippen LogP contribution in [0.1, 0.15) is 0 Å². The van der Waals surface area contributed by atoms with Gasteiger partial charge < -0.3 is 28.4 Å². The van der Waals surface area contributed by atoms with Crippen LogP contribution in [0, 0.1) is 0 Å². The van der Waals surface area contributed by atoms with Gasteiger partial charge in [0.15, 0.2) is 0 Å². The number of rotatable bonds is 10. The summed E-state index contributed by atoms with van der Waals surface area (Å²) in [5, 5.41) is 0. The standard InChI is InChI=1S/C10H18Cl4O7/c1-15-9(16-2,17-3)7(11,12)21-8(13,14)10(18-4,19-5)20-6/h1-6H3. The van der Waals surface area contributed by atoms with E-state index in [1.54, 1.807) is 0 Å². The molecule has 0 rings (SSSR count). The van der Waals surface area contributed by atoms with Gasteiger partial charge in [-0.05, 0) is 0 Å². The molecule has 11 heteroatoms. The van der Waals surface area contributed by atoms with Gasteiger partial charge >= 0.3 is 21.0 Å². The third kappa shape index (κ3) is 4.05. The highest BCUT2D eigenvalue weighted by atomic mass is 35.5. The van der Waals surface area contributed by atoms with Gasteiger partial charge in [0.1, 0.15) is 0 Å². The summed E-state index contributed by atoms with van der Waals surface area (Å²) in [5.41, 5.74) is 0. The topological polar surface area (TPSA) is 64.6 Å². The minimum atomic E-state index is -2.32. The molecule has 0 aliphatic rings. The zero-order valence-corrected chi connectivity index (χ0v) is 15.4. The third-order valence-corrected chi connectivity index (χ3v) is 3.82. The second-order valence-corrected chi connectivity index (χ2v) is 5.99. The summed E-state index contributed by atoms with van der Waals surface area (Å²) in [6.45, 7) is 0. The molecule has 0 radical (unpaired) electrons. The highest BCUT2D eigenvalue weighted by Crippen LogP contribution is 2.49. The lowest BCUT2D eigenvalue weighted by Gasteiger charge is -2.44. The van der Waals surface area contributed by atoms with E-state index >= 15 is 0 Å². The molecule has 0 unspecified atom stereocenters. The van der Waals surface area contributed by atoms with E-state index in [0.717, 1.165) is 0 Å². The quantitative estimate of drug-likeness (QED) is 0.418. The molecule has 0 atom stereocenters. The van der Waals surface area contributed by atoms with E-state index in [0.29, 0.717) is 0 Å². The molecular formula is C10H18Cl4O7. The van der Waals surface area contributed by atoms with Crippen molar-refractivity contribution in [1.82, 2.24) is 0 Å². The van der Waals surface area contributed by atoms with Crippen molar-refractivity contribution < 1.29 is 33.2 Å². The number of ether oxygens (including phenoxy) is 7. The number of halogens is 4. The van der Waals surface area contributed by atoms with Gasteiger partial charge in [-0.1, -0.05) is 46.4 Å². The van der Waals surface area contributed by atoms with Gasteiger partial charge in [-0.3, -0.25) is 4.74 Å². The Morgan fingerprint density at radius 1 is 0.476 bits per heavy atom. The maximum Gasteiger partial charge on any atom is 0.344 e. The first-order valence-electron chi connectivity index (χ1n) is 5.34. The minimum Gasteiger partial charge on any atom is -0.326 e. The van der Waals surface area contributed by atoms with Gasteiger partial charge in [0.2, 0.25) is 0 Å². The van der Waals surface area contributed by atoms with Gasteiger partial charge in [-0.25, -0.2) is 0 Å². The van der Waals surface area contributed by atoms with Gasteiger partial charge in [-0.15, -0.1) is 0 Å². The Morgan fingerprint density at radius 3 is 0.810 bits per heavy atom. The van der Waals surface area contributed by atoms with Crippen LogP contribution < -0.4 is 0 Å². The molecule has 0 aliphatic heterocycles. The Kier molecular flexibility index (Phi) is 8.46. The van der Waals surface area contributed by atoms with Crippen LogP contribution in [0.4, 0.5) is 0 Å². The molecule has 0 spiro atoms. The van der Waals surface area contributed by atoms with Crippen molar-refractivity contribution in [3.8, 4) is 0 Å². The zero-order valence-electron chi connectivity index (χ0n) is 12.4. The van der Waals surface area contributed by atoms with Crippen molar-refractivity contribution in [2.24, 2.45) is 0 Å². The van der Waals surface area contributed by atoms with E-state index in [1.165, 1.54) is 42.7 Å². The van der Waals surface area contributed by atoms with Crippen molar-refractivity contribution in [2.75, 3.05) is 42.7 Å². The van der Waals surface area contributed by atoms with Crippen LogP contribution in [-0.4, -0.2) is 63.6 Å². The molecule has 0 aromatic rings. The predicted octanol–water partition coefficient (Wildman–Crippen LogP) is 2.45. The fraction of sp³-hybridized carbons (Fsp3) is 1.00. The van der Waals surface area contributed by atoms with Crippen LogP contribution in [0.25, 0.3) is 0 Å². The molecule has 128 valence electrons. The largest absolute Gasteiger partial charge is 0.344 e. The molecule has 0 saturated heterocycles. The maximum absolute atomic E-state index is 6.05. The summed E-state index contributed by atoms with van der Waals surface area (Å²) in [5.74, 6) is -4.07. The molecule has 0 saturated carbocycles. The molecule has 0 fully saturated rings. The summed E-state index contributed by atoms with van der Waals surface area (Å²) < 4.78 is 30.5. The van der Waals surface area contributed by atoms with Gasteiger partial charge in [0.05, 0.1) is 0 Å². The van der Waals surface area contributed by atoms with Crippen LogP contribution >= 0.6 is 46.4 Å². The molecule has 0 heterocycles. The lowest BCUT2D eigenvalue weighted by atomic mass is 10.5. The van der Waals surface area contributed by atoms with Crippen molar-refractivity contribution in [3.05, 3.63) is 0 Å². The summed E-state index contributed by atoms with van der Waals surface area (Å²) in [6, 6.07) is 0. The van der Waals surface area contributed by atoms with Gasteiger partial charge in [-0.2, -0.15) is 0 Å². The van der Waals surface area contributed by atoms with Crippen molar-refractivity contribution >= 4 is 46.4 Å². The zero-order chi connectivity index (χ0) is 16.9. The summed E-state index contributed by atoms with van der Waals surface area (Å²) in [7, 11) is 7.31. The van der Waals surface area contributed by atoms with Gasteiger partial charge in [0.25, 0.3) is 0 Å². The number of hydrogen-bond donors (Lipinski definition) is 0. The minimum absolute atomic E-state index is 1.22. The predicted molar refractivity (Wildman–Crippen MR) is 77.5 cm³/mol. The van der Waals surface area contributed by atoms with Crippen molar-refractivity contribution in [3.63, 3.8) is 0 Å². The second-order valence-electron chi connectivity index (χ2n) is 3.47. The normalized spacial score (nSPS) is 14.6. The van der Waals surface area contributed by atoms with E-state index in [9.17, 15) is 0 Å². The number of methoxy groups -OCH3 is 6. The molecule has 0 aromatic carbocycles. The summed E-state index contributed by atoms with van der Waals surface area (Å²) in [6.07, 6.45) is 0. The monoisotopic (exact) mass is 390 g/mol.